The van der Waals surface area contributed by atoms with Gasteiger partial charge in [-0.15, -0.1) is 0 Å². The van der Waals surface area contributed by atoms with Crippen LogP contribution in [0.5, 0.6) is 0 Å². The summed E-state index contributed by atoms with van der Waals surface area (Å²) in [6.07, 6.45) is 9.98. The fraction of sp³-hybridized carbons (Fsp3) is 0.933. The lowest BCUT2D eigenvalue weighted by molar-refractivity contribution is -0.154. The van der Waals surface area contributed by atoms with Crippen molar-refractivity contribution in [3.63, 3.8) is 0 Å². The Morgan fingerprint density at radius 2 is 1.94 bits per heavy atom. The SMILES string of the molecule is C[C@@H](CC1CCCCC1)OC(=O)[C@@H]1CCCN1C. The Hall–Kier alpha value is -0.570. The lowest BCUT2D eigenvalue weighted by Crippen LogP contribution is -2.36. The molecule has 2 fully saturated rings. The summed E-state index contributed by atoms with van der Waals surface area (Å²) >= 11 is 0. The van der Waals surface area contributed by atoms with Crippen LogP contribution in [0.2, 0.25) is 0 Å². The molecule has 2 rings (SSSR count). The van der Waals surface area contributed by atoms with E-state index in [1.54, 1.807) is 0 Å². The van der Waals surface area contributed by atoms with E-state index in [1.165, 1.54) is 32.1 Å². The number of carbonyl (C=O) groups is 1. The van der Waals surface area contributed by atoms with Gasteiger partial charge in [0.2, 0.25) is 0 Å². The molecule has 0 aromatic rings. The van der Waals surface area contributed by atoms with Crippen LogP contribution in [0.25, 0.3) is 0 Å². The van der Waals surface area contributed by atoms with Gasteiger partial charge in [-0.1, -0.05) is 32.1 Å². The third-order valence-electron chi connectivity index (χ3n) is 4.50. The molecule has 0 unspecified atom stereocenters. The van der Waals surface area contributed by atoms with Crippen molar-refractivity contribution in [1.82, 2.24) is 4.90 Å². The number of rotatable bonds is 4. The van der Waals surface area contributed by atoms with Crippen molar-refractivity contribution >= 4 is 5.97 Å². The van der Waals surface area contributed by atoms with Crippen molar-refractivity contribution in [2.45, 2.75) is 70.4 Å². The van der Waals surface area contributed by atoms with Crippen LogP contribution in [-0.4, -0.2) is 36.6 Å². The summed E-state index contributed by atoms with van der Waals surface area (Å²) in [6.45, 7) is 3.08. The maximum Gasteiger partial charge on any atom is 0.323 e. The molecular formula is C15H27NO2. The average Bonchev–Trinajstić information content (AvgIpc) is 2.76. The van der Waals surface area contributed by atoms with E-state index >= 15 is 0 Å². The molecule has 1 aliphatic heterocycles. The highest BCUT2D eigenvalue weighted by atomic mass is 16.5. The molecule has 1 aliphatic carbocycles. The first-order chi connectivity index (χ1) is 8.66. The summed E-state index contributed by atoms with van der Waals surface area (Å²) in [5.74, 6) is 0.779. The minimum absolute atomic E-state index is 0.00157. The van der Waals surface area contributed by atoms with Crippen LogP contribution >= 0.6 is 0 Å². The molecule has 3 heteroatoms. The maximum absolute atomic E-state index is 12.0. The van der Waals surface area contributed by atoms with Gasteiger partial charge in [-0.3, -0.25) is 9.69 Å². The molecule has 0 aromatic heterocycles. The Bertz CT molecular complexity index is 274. The van der Waals surface area contributed by atoms with Gasteiger partial charge in [0.15, 0.2) is 0 Å². The third kappa shape index (κ3) is 3.71. The molecule has 0 spiro atoms. The van der Waals surface area contributed by atoms with E-state index < -0.39 is 0 Å². The van der Waals surface area contributed by atoms with Crippen LogP contribution in [0.1, 0.15) is 58.3 Å². The van der Waals surface area contributed by atoms with E-state index in [0.29, 0.717) is 0 Å². The van der Waals surface area contributed by atoms with Crippen molar-refractivity contribution in [3.05, 3.63) is 0 Å². The van der Waals surface area contributed by atoms with Crippen LogP contribution in [0.3, 0.4) is 0 Å². The molecule has 3 nitrogen and oxygen atoms in total. The number of nitrogens with zero attached hydrogens (tertiary/aromatic N) is 1. The Morgan fingerprint density at radius 3 is 2.56 bits per heavy atom. The van der Waals surface area contributed by atoms with Crippen LogP contribution in [0.4, 0.5) is 0 Å². The molecule has 0 N–H and O–H groups in total. The molecule has 2 atom stereocenters. The van der Waals surface area contributed by atoms with Crippen molar-refractivity contribution < 1.29 is 9.53 Å². The van der Waals surface area contributed by atoms with Crippen molar-refractivity contribution in [3.8, 4) is 0 Å². The second kappa shape index (κ2) is 6.55. The molecule has 0 amide bonds. The van der Waals surface area contributed by atoms with E-state index in [9.17, 15) is 4.79 Å². The third-order valence-corrected chi connectivity index (χ3v) is 4.50. The number of hydrogen-bond donors (Lipinski definition) is 0. The molecule has 18 heavy (non-hydrogen) atoms. The van der Waals surface area contributed by atoms with Crippen LogP contribution < -0.4 is 0 Å². The first-order valence-electron chi connectivity index (χ1n) is 7.57. The van der Waals surface area contributed by atoms with E-state index in [2.05, 4.69) is 11.8 Å². The predicted octanol–water partition coefficient (Wildman–Crippen LogP) is 2.98. The number of likely N-dealkylation sites (tertiary alicyclic amines) is 1. The summed E-state index contributed by atoms with van der Waals surface area (Å²) in [6, 6.07) is 0.0128. The summed E-state index contributed by atoms with van der Waals surface area (Å²) in [5.41, 5.74) is 0. The maximum atomic E-state index is 12.0. The van der Waals surface area contributed by atoms with Gasteiger partial charge in [-0.05, 0) is 45.7 Å². The van der Waals surface area contributed by atoms with E-state index in [1.807, 2.05) is 7.05 Å². The van der Waals surface area contributed by atoms with Gasteiger partial charge >= 0.3 is 5.97 Å². The molecule has 104 valence electrons. The summed E-state index contributed by atoms with van der Waals surface area (Å²) in [4.78, 5) is 14.2. The van der Waals surface area contributed by atoms with E-state index in [4.69, 9.17) is 4.74 Å². The van der Waals surface area contributed by atoms with Crippen LogP contribution in [-0.2, 0) is 9.53 Å². The Balaban J connectivity index is 1.72. The van der Waals surface area contributed by atoms with E-state index in [0.717, 1.165) is 31.7 Å². The number of carbonyl (C=O) groups excluding carboxylic acids is 1. The second-order valence-electron chi connectivity index (χ2n) is 6.13. The standard InChI is InChI=1S/C15H27NO2/c1-12(11-13-7-4-3-5-8-13)18-15(17)14-9-6-10-16(14)2/h12-14H,3-11H2,1-2H3/t12-,14-/m0/s1. The molecular weight excluding hydrogens is 226 g/mol. The molecule has 0 radical (unpaired) electrons. The molecule has 0 bridgehead atoms. The fourth-order valence-corrected chi connectivity index (χ4v) is 3.43. The number of hydrogen-bond acceptors (Lipinski definition) is 3. The highest BCUT2D eigenvalue weighted by Gasteiger charge is 2.30. The second-order valence-corrected chi connectivity index (χ2v) is 6.13. The molecule has 2 aliphatic rings. The minimum atomic E-state index is -0.00157. The largest absolute Gasteiger partial charge is 0.461 e. The van der Waals surface area contributed by atoms with Gasteiger partial charge in [0.05, 0.1) is 6.10 Å². The Morgan fingerprint density at radius 1 is 1.22 bits per heavy atom. The van der Waals surface area contributed by atoms with E-state index in [-0.39, 0.29) is 18.1 Å². The highest BCUT2D eigenvalue weighted by Crippen LogP contribution is 2.28. The fourth-order valence-electron chi connectivity index (χ4n) is 3.43. The molecule has 1 heterocycles. The predicted molar refractivity (Wildman–Crippen MR) is 72.4 cm³/mol. The lowest BCUT2D eigenvalue weighted by Gasteiger charge is -2.26. The first-order valence-corrected chi connectivity index (χ1v) is 7.57. The first kappa shape index (κ1) is 13.9. The number of likely N-dealkylation sites (N-methyl/N-ethyl adjacent to an activating group) is 1. The van der Waals surface area contributed by atoms with Gasteiger partial charge in [-0.2, -0.15) is 0 Å². The quantitative estimate of drug-likeness (QED) is 0.721. The highest BCUT2D eigenvalue weighted by molar-refractivity contribution is 5.76. The zero-order valence-corrected chi connectivity index (χ0v) is 11.9. The van der Waals surface area contributed by atoms with Crippen molar-refractivity contribution in [2.75, 3.05) is 13.6 Å². The van der Waals surface area contributed by atoms with Crippen molar-refractivity contribution in [2.24, 2.45) is 5.92 Å². The zero-order chi connectivity index (χ0) is 13.0. The summed E-state index contributed by atoms with van der Waals surface area (Å²) in [7, 11) is 2.02. The topological polar surface area (TPSA) is 29.5 Å². The van der Waals surface area contributed by atoms with Crippen molar-refractivity contribution in [1.29, 1.82) is 0 Å². The van der Waals surface area contributed by atoms with Crippen LogP contribution in [0, 0.1) is 5.92 Å². The Labute approximate surface area is 111 Å². The van der Waals surface area contributed by atoms with Gasteiger partial charge in [-0.25, -0.2) is 0 Å². The summed E-state index contributed by atoms with van der Waals surface area (Å²) < 4.78 is 5.63. The van der Waals surface area contributed by atoms with Gasteiger partial charge in [0, 0.05) is 0 Å². The van der Waals surface area contributed by atoms with Crippen LogP contribution in [0.15, 0.2) is 0 Å². The molecule has 1 saturated heterocycles. The molecule has 0 aromatic carbocycles. The molecule has 1 saturated carbocycles. The monoisotopic (exact) mass is 253 g/mol. The number of esters is 1. The number of ether oxygens (including phenoxy) is 1. The normalized spacial score (nSPS) is 28.2. The smallest absolute Gasteiger partial charge is 0.323 e. The Kier molecular flexibility index (Phi) is 5.04. The van der Waals surface area contributed by atoms with Gasteiger partial charge in [0.1, 0.15) is 6.04 Å². The summed E-state index contributed by atoms with van der Waals surface area (Å²) in [5, 5.41) is 0. The van der Waals surface area contributed by atoms with Gasteiger partial charge < -0.3 is 4.74 Å². The zero-order valence-electron chi connectivity index (χ0n) is 11.9. The minimum Gasteiger partial charge on any atom is -0.461 e. The van der Waals surface area contributed by atoms with Gasteiger partial charge in [0.25, 0.3) is 0 Å². The average molecular weight is 253 g/mol. The lowest BCUT2D eigenvalue weighted by atomic mass is 9.85.